The number of aromatic nitrogens is 2. The molecule has 11 heteroatoms. The molecular formula is C20H20N2O9. The lowest BCUT2D eigenvalue weighted by Crippen LogP contribution is -2.42. The first-order chi connectivity index (χ1) is 14.8. The number of carbonyl (C=O) groups is 3. The van der Waals surface area contributed by atoms with Crippen LogP contribution in [0.5, 0.6) is 0 Å². The van der Waals surface area contributed by atoms with Crippen LogP contribution in [0.25, 0.3) is 0 Å². The summed E-state index contributed by atoms with van der Waals surface area (Å²) in [5, 5.41) is 0. The Hall–Kier alpha value is -3.73. The number of ether oxygens (including phenoxy) is 4. The van der Waals surface area contributed by atoms with Crippen LogP contribution in [0.1, 0.15) is 30.4 Å². The maximum Gasteiger partial charge on any atom is 0.338 e. The molecule has 4 unspecified atom stereocenters. The summed E-state index contributed by atoms with van der Waals surface area (Å²) >= 11 is 0. The molecule has 0 amide bonds. The van der Waals surface area contributed by atoms with Crippen LogP contribution in [0.2, 0.25) is 0 Å². The molecule has 1 aromatic heterocycles. The first-order valence-corrected chi connectivity index (χ1v) is 9.30. The van der Waals surface area contributed by atoms with Gasteiger partial charge >= 0.3 is 23.6 Å². The van der Waals surface area contributed by atoms with Crippen LogP contribution in [0.15, 0.2) is 52.2 Å². The number of H-pyrrole nitrogens is 1. The molecule has 164 valence electrons. The van der Waals surface area contributed by atoms with E-state index in [9.17, 15) is 24.0 Å². The zero-order valence-electron chi connectivity index (χ0n) is 16.7. The zero-order valence-corrected chi connectivity index (χ0v) is 16.7. The highest BCUT2D eigenvalue weighted by Crippen LogP contribution is 2.33. The first-order valence-electron chi connectivity index (χ1n) is 9.30. The molecule has 11 nitrogen and oxygen atoms in total. The molecule has 1 saturated heterocycles. The van der Waals surface area contributed by atoms with Gasteiger partial charge in [-0.25, -0.2) is 9.59 Å². The predicted molar refractivity (Wildman–Crippen MR) is 103 cm³/mol. The third kappa shape index (κ3) is 5.25. The second kappa shape index (κ2) is 9.39. The maximum atomic E-state index is 12.3. The lowest BCUT2D eigenvalue weighted by molar-refractivity contribution is -0.165. The molecule has 0 radical (unpaired) electrons. The van der Waals surface area contributed by atoms with Gasteiger partial charge in [0.2, 0.25) is 0 Å². The minimum absolute atomic E-state index is 0.300. The van der Waals surface area contributed by atoms with Crippen molar-refractivity contribution in [3.63, 3.8) is 0 Å². The van der Waals surface area contributed by atoms with Gasteiger partial charge in [-0.15, -0.1) is 0 Å². The van der Waals surface area contributed by atoms with Crippen molar-refractivity contribution in [2.75, 3.05) is 6.61 Å². The maximum absolute atomic E-state index is 12.3. The molecule has 1 aromatic carbocycles. The largest absolute Gasteiger partial charge is 0.459 e. The van der Waals surface area contributed by atoms with Gasteiger partial charge in [0.05, 0.1) is 5.56 Å². The van der Waals surface area contributed by atoms with Gasteiger partial charge in [-0.2, -0.15) is 0 Å². The van der Waals surface area contributed by atoms with Crippen molar-refractivity contribution in [2.45, 2.75) is 38.4 Å². The van der Waals surface area contributed by atoms with Crippen LogP contribution in [0.3, 0.4) is 0 Å². The Bertz CT molecular complexity index is 1080. The molecule has 0 saturated carbocycles. The van der Waals surface area contributed by atoms with Gasteiger partial charge < -0.3 is 18.9 Å². The molecule has 0 bridgehead atoms. The molecule has 1 N–H and O–H groups in total. The molecule has 31 heavy (non-hydrogen) atoms. The van der Waals surface area contributed by atoms with Gasteiger partial charge in [0.1, 0.15) is 12.7 Å². The van der Waals surface area contributed by atoms with E-state index in [2.05, 4.69) is 4.98 Å². The molecular weight excluding hydrogens is 412 g/mol. The van der Waals surface area contributed by atoms with E-state index < -0.39 is 53.7 Å². The summed E-state index contributed by atoms with van der Waals surface area (Å²) in [5.74, 6) is -2.05. The predicted octanol–water partition coefficient (Wildman–Crippen LogP) is 0.154. The molecule has 0 spiro atoms. The van der Waals surface area contributed by atoms with E-state index in [0.29, 0.717) is 5.56 Å². The number of aromatic amines is 1. The lowest BCUT2D eigenvalue weighted by Gasteiger charge is -2.23. The molecule has 1 aliphatic rings. The van der Waals surface area contributed by atoms with Crippen LogP contribution >= 0.6 is 0 Å². The Morgan fingerprint density at radius 1 is 1.00 bits per heavy atom. The molecule has 0 aliphatic carbocycles. The molecule has 3 rings (SSSR count). The molecule has 2 aromatic rings. The zero-order chi connectivity index (χ0) is 22.5. The molecule has 1 fully saturated rings. The number of rotatable bonds is 6. The summed E-state index contributed by atoms with van der Waals surface area (Å²) in [7, 11) is 0. The number of esters is 3. The van der Waals surface area contributed by atoms with Crippen molar-refractivity contribution in [3.05, 3.63) is 69.0 Å². The van der Waals surface area contributed by atoms with E-state index >= 15 is 0 Å². The highest BCUT2D eigenvalue weighted by Gasteiger charge is 2.50. The standard InChI is InChI=1S/C20H20N2O9/c1-11(23)29-16-14(10-28-19(26)13-6-4-3-5-7-13)31-18(17(16)30-12(2)24)22-9-8-15(25)21-20(22)27/h3-9,14,16-18H,10H2,1-2H3,(H,21,25,27). The van der Waals surface area contributed by atoms with Crippen LogP contribution in [-0.2, 0) is 28.5 Å². The fourth-order valence-corrected chi connectivity index (χ4v) is 3.16. The second-order valence-corrected chi connectivity index (χ2v) is 6.70. The van der Waals surface area contributed by atoms with Crippen molar-refractivity contribution in [3.8, 4) is 0 Å². The average molecular weight is 432 g/mol. The summed E-state index contributed by atoms with van der Waals surface area (Å²) in [4.78, 5) is 61.3. The summed E-state index contributed by atoms with van der Waals surface area (Å²) in [6, 6.07) is 9.28. The minimum Gasteiger partial charge on any atom is -0.459 e. The molecule has 4 atom stereocenters. The van der Waals surface area contributed by atoms with E-state index in [1.807, 2.05) is 0 Å². The smallest absolute Gasteiger partial charge is 0.338 e. The van der Waals surface area contributed by atoms with Gasteiger partial charge in [-0.05, 0) is 12.1 Å². The number of hydrogen-bond donors (Lipinski definition) is 1. The SMILES string of the molecule is CC(=O)OC1C(COC(=O)c2ccccc2)OC(n2ccc(=O)[nH]c2=O)C1OC(C)=O. The normalized spacial score (nSPS) is 22.5. The fraction of sp³-hybridized carbons (Fsp3) is 0.350. The number of carbonyl (C=O) groups excluding carboxylic acids is 3. The van der Waals surface area contributed by atoms with E-state index in [1.165, 1.54) is 0 Å². The first kappa shape index (κ1) is 22.0. The number of nitrogens with zero attached hydrogens (tertiary/aromatic N) is 1. The van der Waals surface area contributed by atoms with Gasteiger partial charge in [-0.3, -0.25) is 23.9 Å². The van der Waals surface area contributed by atoms with Crippen LogP contribution < -0.4 is 11.2 Å². The van der Waals surface area contributed by atoms with E-state index in [4.69, 9.17) is 18.9 Å². The summed E-state index contributed by atoms with van der Waals surface area (Å²) < 4.78 is 22.6. The van der Waals surface area contributed by atoms with Crippen LogP contribution in [0, 0.1) is 0 Å². The van der Waals surface area contributed by atoms with Crippen molar-refractivity contribution >= 4 is 17.9 Å². The summed E-state index contributed by atoms with van der Waals surface area (Å²) in [6.07, 6.45) is -3.53. The monoisotopic (exact) mass is 432 g/mol. The quantitative estimate of drug-likeness (QED) is 0.498. The highest BCUT2D eigenvalue weighted by atomic mass is 16.7. The van der Waals surface area contributed by atoms with Gasteiger partial charge in [0, 0.05) is 26.1 Å². The Morgan fingerprint density at radius 2 is 1.65 bits per heavy atom. The topological polar surface area (TPSA) is 143 Å². The number of nitrogens with one attached hydrogen (secondary N) is 1. The highest BCUT2D eigenvalue weighted by molar-refractivity contribution is 5.89. The number of hydrogen-bond acceptors (Lipinski definition) is 9. The van der Waals surface area contributed by atoms with E-state index in [1.54, 1.807) is 30.3 Å². The van der Waals surface area contributed by atoms with Crippen LogP contribution in [-0.4, -0.2) is 52.4 Å². The fourth-order valence-electron chi connectivity index (χ4n) is 3.16. The molecule has 2 heterocycles. The summed E-state index contributed by atoms with van der Waals surface area (Å²) in [6.45, 7) is 1.94. The van der Waals surface area contributed by atoms with Gasteiger partial charge in [0.15, 0.2) is 18.4 Å². The third-order valence-corrected chi connectivity index (χ3v) is 4.40. The van der Waals surface area contributed by atoms with E-state index in [0.717, 1.165) is 30.7 Å². The van der Waals surface area contributed by atoms with E-state index in [-0.39, 0.29) is 6.61 Å². The Kier molecular flexibility index (Phi) is 6.65. The van der Waals surface area contributed by atoms with Gasteiger partial charge in [-0.1, -0.05) is 18.2 Å². The Labute approximate surface area is 175 Å². The number of benzene rings is 1. The lowest BCUT2D eigenvalue weighted by atomic mass is 10.1. The van der Waals surface area contributed by atoms with Gasteiger partial charge in [0.25, 0.3) is 5.56 Å². The van der Waals surface area contributed by atoms with Crippen molar-refractivity contribution in [1.29, 1.82) is 0 Å². The summed E-state index contributed by atoms with van der Waals surface area (Å²) in [5.41, 5.74) is -1.15. The van der Waals surface area contributed by atoms with Crippen molar-refractivity contribution in [1.82, 2.24) is 9.55 Å². The Morgan fingerprint density at radius 3 is 2.26 bits per heavy atom. The third-order valence-electron chi connectivity index (χ3n) is 4.40. The minimum atomic E-state index is -1.24. The molecule has 1 aliphatic heterocycles. The van der Waals surface area contributed by atoms with Crippen LogP contribution in [0.4, 0.5) is 0 Å². The second-order valence-electron chi connectivity index (χ2n) is 6.70. The van der Waals surface area contributed by atoms with Crippen molar-refractivity contribution < 1.29 is 33.3 Å². The Balaban J connectivity index is 1.88. The average Bonchev–Trinajstić information content (AvgIpc) is 3.02. The van der Waals surface area contributed by atoms with Crippen molar-refractivity contribution in [2.24, 2.45) is 0 Å².